The van der Waals surface area contributed by atoms with E-state index in [0.717, 1.165) is 19.3 Å². The second kappa shape index (κ2) is 8.07. The van der Waals surface area contributed by atoms with Crippen molar-refractivity contribution < 1.29 is 29.0 Å². The lowest BCUT2D eigenvalue weighted by Crippen LogP contribution is -2.46. The van der Waals surface area contributed by atoms with E-state index in [2.05, 4.69) is 10.6 Å². The molecule has 8 heteroatoms. The average molecular weight is 362 g/mol. The highest BCUT2D eigenvalue weighted by Gasteiger charge is 2.30. The molecular weight excluding hydrogens is 340 g/mol. The lowest BCUT2D eigenvalue weighted by Gasteiger charge is -2.23. The molecule has 0 bridgehead atoms. The number of carbonyl (C=O) groups excluding carboxylic acids is 2. The number of carboxylic acid groups (broad SMARTS) is 1. The summed E-state index contributed by atoms with van der Waals surface area (Å²) in [7, 11) is 0. The molecule has 8 nitrogen and oxygen atoms in total. The summed E-state index contributed by atoms with van der Waals surface area (Å²) in [6.07, 6.45) is 3.90. The van der Waals surface area contributed by atoms with Crippen LogP contribution in [0.4, 0.5) is 0 Å². The number of carbonyl (C=O) groups is 3. The Labute approximate surface area is 150 Å². The maximum absolute atomic E-state index is 12.2. The Morgan fingerprint density at radius 2 is 1.85 bits per heavy atom. The topological polar surface area (TPSA) is 114 Å². The molecule has 0 spiro atoms. The molecule has 26 heavy (non-hydrogen) atoms. The smallest absolute Gasteiger partial charge is 0.308 e. The van der Waals surface area contributed by atoms with Crippen molar-refractivity contribution >= 4 is 17.8 Å². The number of ether oxygens (including phenoxy) is 2. The molecule has 1 aromatic carbocycles. The minimum atomic E-state index is -0.887. The summed E-state index contributed by atoms with van der Waals surface area (Å²) in [6, 6.07) is 4.39. The van der Waals surface area contributed by atoms with Crippen molar-refractivity contribution in [2.24, 2.45) is 5.92 Å². The van der Waals surface area contributed by atoms with Crippen LogP contribution in [-0.2, 0) is 9.59 Å². The second-order valence-corrected chi connectivity index (χ2v) is 6.51. The first-order valence-corrected chi connectivity index (χ1v) is 8.74. The van der Waals surface area contributed by atoms with E-state index in [4.69, 9.17) is 9.47 Å². The van der Waals surface area contributed by atoms with Crippen LogP contribution in [0.25, 0.3) is 0 Å². The van der Waals surface area contributed by atoms with Gasteiger partial charge < -0.3 is 25.2 Å². The van der Waals surface area contributed by atoms with E-state index in [0.29, 0.717) is 29.9 Å². The quantitative estimate of drug-likeness (QED) is 0.680. The first-order valence-electron chi connectivity index (χ1n) is 8.74. The van der Waals surface area contributed by atoms with Gasteiger partial charge in [-0.05, 0) is 31.0 Å². The van der Waals surface area contributed by atoms with E-state index in [1.54, 1.807) is 18.2 Å². The van der Waals surface area contributed by atoms with Gasteiger partial charge in [-0.2, -0.15) is 0 Å². The van der Waals surface area contributed by atoms with Crippen molar-refractivity contribution in [1.29, 1.82) is 0 Å². The molecule has 0 radical (unpaired) electrons. The Bertz CT molecular complexity index is 705. The number of benzene rings is 1. The number of hydrogen-bond acceptors (Lipinski definition) is 5. The lowest BCUT2D eigenvalue weighted by atomic mass is 9.95. The van der Waals surface area contributed by atoms with Crippen molar-refractivity contribution in [3.8, 4) is 11.5 Å². The number of hydrogen-bond donors (Lipinski definition) is 3. The van der Waals surface area contributed by atoms with Gasteiger partial charge in [-0.3, -0.25) is 14.4 Å². The molecule has 2 aliphatic rings. The molecule has 3 N–H and O–H groups in total. The standard InChI is InChI=1S/C18H22N2O6/c21-16(20-13-5-3-1-2-4-12(13)18(23)24)9-19-17(22)11-6-7-14-15(8-11)26-10-25-14/h6-8,12-13H,1-5,9-10H2,(H,19,22)(H,20,21)(H,23,24)/t12-,13+/m1/s1. The van der Waals surface area contributed by atoms with Gasteiger partial charge >= 0.3 is 5.97 Å². The maximum Gasteiger partial charge on any atom is 0.308 e. The van der Waals surface area contributed by atoms with Crippen LogP contribution in [-0.4, -0.2) is 42.3 Å². The molecule has 1 aromatic rings. The van der Waals surface area contributed by atoms with Gasteiger partial charge in [-0.25, -0.2) is 0 Å². The Balaban J connectivity index is 1.53. The number of nitrogens with one attached hydrogen (secondary N) is 2. The third-order valence-electron chi connectivity index (χ3n) is 4.72. The molecular formula is C18H22N2O6. The van der Waals surface area contributed by atoms with Gasteiger partial charge in [-0.1, -0.05) is 19.3 Å². The lowest BCUT2D eigenvalue weighted by molar-refractivity contribution is -0.143. The van der Waals surface area contributed by atoms with Crippen molar-refractivity contribution in [2.45, 2.75) is 38.1 Å². The normalized spacial score (nSPS) is 21.5. The van der Waals surface area contributed by atoms with Crippen molar-refractivity contribution in [3.63, 3.8) is 0 Å². The average Bonchev–Trinajstić information content (AvgIpc) is 2.97. The molecule has 1 fully saturated rings. The van der Waals surface area contributed by atoms with Crippen LogP contribution in [0.5, 0.6) is 11.5 Å². The Morgan fingerprint density at radius 3 is 2.65 bits per heavy atom. The monoisotopic (exact) mass is 362 g/mol. The molecule has 0 aromatic heterocycles. The largest absolute Gasteiger partial charge is 0.481 e. The second-order valence-electron chi connectivity index (χ2n) is 6.51. The van der Waals surface area contributed by atoms with E-state index < -0.39 is 29.7 Å². The van der Waals surface area contributed by atoms with E-state index in [-0.39, 0.29) is 13.3 Å². The molecule has 2 atom stereocenters. The van der Waals surface area contributed by atoms with Crippen LogP contribution < -0.4 is 20.1 Å². The summed E-state index contributed by atoms with van der Waals surface area (Å²) in [4.78, 5) is 35.7. The molecule has 140 valence electrons. The first kappa shape index (κ1) is 18.0. The minimum Gasteiger partial charge on any atom is -0.481 e. The summed E-state index contributed by atoms with van der Waals surface area (Å²) in [6.45, 7) is -0.0922. The highest BCUT2D eigenvalue weighted by molar-refractivity contribution is 5.97. The molecule has 1 aliphatic carbocycles. The zero-order valence-corrected chi connectivity index (χ0v) is 14.3. The molecule has 1 heterocycles. The fraction of sp³-hybridized carbons (Fsp3) is 0.500. The molecule has 1 saturated carbocycles. The highest BCUT2D eigenvalue weighted by atomic mass is 16.7. The molecule has 0 saturated heterocycles. The zero-order valence-electron chi connectivity index (χ0n) is 14.3. The van der Waals surface area contributed by atoms with Crippen LogP contribution in [0.2, 0.25) is 0 Å². The number of carboxylic acids is 1. The van der Waals surface area contributed by atoms with E-state index in [1.165, 1.54) is 0 Å². The third-order valence-corrected chi connectivity index (χ3v) is 4.72. The number of aliphatic carboxylic acids is 1. The predicted molar refractivity (Wildman–Crippen MR) is 91.0 cm³/mol. The zero-order chi connectivity index (χ0) is 18.5. The van der Waals surface area contributed by atoms with Crippen LogP contribution >= 0.6 is 0 Å². The van der Waals surface area contributed by atoms with Crippen LogP contribution in [0.3, 0.4) is 0 Å². The number of rotatable bonds is 5. The van der Waals surface area contributed by atoms with E-state index in [9.17, 15) is 19.5 Å². The van der Waals surface area contributed by atoms with Gasteiger partial charge in [-0.15, -0.1) is 0 Å². The Hall–Kier alpha value is -2.77. The van der Waals surface area contributed by atoms with Crippen LogP contribution in [0.15, 0.2) is 18.2 Å². The molecule has 1 aliphatic heterocycles. The fourth-order valence-corrected chi connectivity index (χ4v) is 3.33. The molecule has 3 rings (SSSR count). The van der Waals surface area contributed by atoms with Gasteiger partial charge in [0, 0.05) is 11.6 Å². The maximum atomic E-state index is 12.2. The van der Waals surface area contributed by atoms with Crippen molar-refractivity contribution in [1.82, 2.24) is 10.6 Å². The SMILES string of the molecule is O=C(CNC(=O)c1ccc2c(c1)OCO2)N[C@H]1CCCCC[C@H]1C(=O)O. The van der Waals surface area contributed by atoms with Gasteiger partial charge in [0.2, 0.25) is 12.7 Å². The first-order chi connectivity index (χ1) is 12.5. The fourth-order valence-electron chi connectivity index (χ4n) is 3.33. The summed E-state index contributed by atoms with van der Waals surface area (Å²) < 4.78 is 10.4. The van der Waals surface area contributed by atoms with Crippen LogP contribution in [0.1, 0.15) is 42.5 Å². The van der Waals surface area contributed by atoms with E-state index in [1.807, 2.05) is 0 Å². The Kier molecular flexibility index (Phi) is 5.60. The molecule has 2 amide bonds. The van der Waals surface area contributed by atoms with E-state index >= 15 is 0 Å². The number of fused-ring (bicyclic) bond motifs is 1. The van der Waals surface area contributed by atoms with Gasteiger partial charge in [0.1, 0.15) is 0 Å². The summed E-state index contributed by atoms with van der Waals surface area (Å²) in [5.74, 6) is -1.20. The van der Waals surface area contributed by atoms with Crippen molar-refractivity contribution in [3.05, 3.63) is 23.8 Å². The summed E-state index contributed by atoms with van der Waals surface area (Å²) in [5, 5.41) is 14.7. The minimum absolute atomic E-state index is 0.120. The summed E-state index contributed by atoms with van der Waals surface area (Å²) in [5.41, 5.74) is 0.361. The van der Waals surface area contributed by atoms with Crippen LogP contribution in [0, 0.1) is 5.92 Å². The Morgan fingerprint density at radius 1 is 1.08 bits per heavy atom. The third kappa shape index (κ3) is 4.25. The van der Waals surface area contributed by atoms with Gasteiger partial charge in [0.25, 0.3) is 5.91 Å². The molecule has 0 unspecified atom stereocenters. The highest BCUT2D eigenvalue weighted by Crippen LogP contribution is 2.32. The number of amides is 2. The van der Waals surface area contributed by atoms with Gasteiger partial charge in [0.15, 0.2) is 11.5 Å². The summed E-state index contributed by atoms with van der Waals surface area (Å²) >= 11 is 0. The van der Waals surface area contributed by atoms with Gasteiger partial charge in [0.05, 0.1) is 12.5 Å². The van der Waals surface area contributed by atoms with Crippen molar-refractivity contribution in [2.75, 3.05) is 13.3 Å². The predicted octanol–water partition coefficient (Wildman–Crippen LogP) is 1.29.